The SMILES string of the molecule is CC(N)C(c1ccc(Cl)s1)N1CCC(N(C)C)C1. The third kappa shape index (κ3) is 3.06. The molecular weight excluding hydrogens is 266 g/mol. The Labute approximate surface area is 119 Å². The first-order valence-electron chi connectivity index (χ1n) is 6.40. The van der Waals surface area contributed by atoms with Gasteiger partial charge < -0.3 is 10.6 Å². The molecule has 5 heteroatoms. The number of nitrogens with two attached hydrogens (primary N) is 1. The van der Waals surface area contributed by atoms with E-state index in [4.69, 9.17) is 17.3 Å². The van der Waals surface area contributed by atoms with E-state index >= 15 is 0 Å². The molecule has 3 atom stereocenters. The number of rotatable bonds is 4. The van der Waals surface area contributed by atoms with Gasteiger partial charge in [-0.25, -0.2) is 0 Å². The molecule has 0 radical (unpaired) electrons. The van der Waals surface area contributed by atoms with Crippen LogP contribution in [-0.2, 0) is 0 Å². The lowest BCUT2D eigenvalue weighted by Gasteiger charge is -2.30. The van der Waals surface area contributed by atoms with Gasteiger partial charge in [0.25, 0.3) is 0 Å². The number of thiophene rings is 1. The number of likely N-dealkylation sites (tertiary alicyclic amines) is 1. The Balaban J connectivity index is 2.12. The number of halogens is 1. The molecule has 0 spiro atoms. The molecule has 0 amide bonds. The Kier molecular flexibility index (Phi) is 4.67. The van der Waals surface area contributed by atoms with Gasteiger partial charge in [-0.3, -0.25) is 4.90 Å². The van der Waals surface area contributed by atoms with Gasteiger partial charge in [0.1, 0.15) is 0 Å². The molecule has 3 nitrogen and oxygen atoms in total. The second-order valence-corrected chi connectivity index (χ2v) is 7.09. The molecule has 102 valence electrons. The van der Waals surface area contributed by atoms with E-state index in [0.29, 0.717) is 12.1 Å². The van der Waals surface area contributed by atoms with Crippen LogP contribution < -0.4 is 5.73 Å². The van der Waals surface area contributed by atoms with E-state index in [2.05, 4.69) is 36.9 Å². The maximum atomic E-state index is 6.19. The highest BCUT2D eigenvalue weighted by Gasteiger charge is 2.32. The molecule has 1 aromatic rings. The van der Waals surface area contributed by atoms with Crippen LogP contribution in [0, 0.1) is 0 Å². The van der Waals surface area contributed by atoms with Crippen LogP contribution in [0.15, 0.2) is 12.1 Å². The van der Waals surface area contributed by atoms with Crippen molar-refractivity contribution in [3.8, 4) is 0 Å². The first kappa shape index (κ1) is 14.3. The van der Waals surface area contributed by atoms with Crippen LogP contribution in [0.25, 0.3) is 0 Å². The fraction of sp³-hybridized carbons (Fsp3) is 0.692. The van der Waals surface area contributed by atoms with Gasteiger partial charge in [-0.15, -0.1) is 11.3 Å². The normalized spacial score (nSPS) is 24.7. The van der Waals surface area contributed by atoms with Gasteiger partial charge in [-0.2, -0.15) is 0 Å². The minimum atomic E-state index is 0.126. The summed E-state index contributed by atoms with van der Waals surface area (Å²) in [6, 6.07) is 5.15. The summed E-state index contributed by atoms with van der Waals surface area (Å²) in [7, 11) is 4.30. The lowest BCUT2D eigenvalue weighted by atomic mass is 10.1. The Morgan fingerprint density at radius 3 is 2.67 bits per heavy atom. The Hall–Kier alpha value is -0.130. The zero-order valence-corrected chi connectivity index (χ0v) is 12.8. The molecular formula is C13H22ClN3S. The lowest BCUT2D eigenvalue weighted by Crippen LogP contribution is -2.39. The van der Waals surface area contributed by atoms with E-state index in [0.717, 1.165) is 17.4 Å². The lowest BCUT2D eigenvalue weighted by molar-refractivity contribution is 0.200. The standard InChI is InChI=1S/C13H22ClN3S/c1-9(15)13(11-4-5-12(14)18-11)17-7-6-10(8-17)16(2)3/h4-5,9-10,13H,6-8,15H2,1-3H3. The van der Waals surface area contributed by atoms with Crippen LogP contribution in [0.2, 0.25) is 4.34 Å². The molecule has 18 heavy (non-hydrogen) atoms. The fourth-order valence-corrected chi connectivity index (χ4v) is 4.01. The van der Waals surface area contributed by atoms with Crippen molar-refractivity contribution in [1.82, 2.24) is 9.80 Å². The predicted octanol–water partition coefficient (Wildman–Crippen LogP) is 2.43. The van der Waals surface area contributed by atoms with Gasteiger partial charge >= 0.3 is 0 Å². The van der Waals surface area contributed by atoms with Crippen molar-refractivity contribution in [3.63, 3.8) is 0 Å². The van der Waals surface area contributed by atoms with Crippen LogP contribution in [0.5, 0.6) is 0 Å². The van der Waals surface area contributed by atoms with Gasteiger partial charge in [0.15, 0.2) is 0 Å². The average Bonchev–Trinajstić information content (AvgIpc) is 2.88. The molecule has 0 saturated carbocycles. The predicted molar refractivity (Wildman–Crippen MR) is 79.4 cm³/mol. The highest BCUT2D eigenvalue weighted by atomic mass is 35.5. The van der Waals surface area contributed by atoms with E-state index in [9.17, 15) is 0 Å². The summed E-state index contributed by atoms with van der Waals surface area (Å²) < 4.78 is 0.846. The quantitative estimate of drug-likeness (QED) is 0.923. The summed E-state index contributed by atoms with van der Waals surface area (Å²) in [6.07, 6.45) is 1.22. The largest absolute Gasteiger partial charge is 0.326 e. The summed E-state index contributed by atoms with van der Waals surface area (Å²) in [5.74, 6) is 0. The van der Waals surface area contributed by atoms with Crippen LogP contribution >= 0.6 is 22.9 Å². The van der Waals surface area contributed by atoms with E-state index in [1.54, 1.807) is 11.3 Å². The zero-order chi connectivity index (χ0) is 13.3. The number of likely N-dealkylation sites (N-methyl/N-ethyl adjacent to an activating group) is 1. The van der Waals surface area contributed by atoms with Crippen LogP contribution in [0.3, 0.4) is 0 Å². The summed E-state index contributed by atoms with van der Waals surface area (Å²) in [6.45, 7) is 4.29. The summed E-state index contributed by atoms with van der Waals surface area (Å²) in [5, 5.41) is 0. The molecule has 0 aromatic carbocycles. The molecule has 0 aliphatic carbocycles. The molecule has 3 unspecified atom stereocenters. The van der Waals surface area contributed by atoms with Crippen molar-refractivity contribution in [2.24, 2.45) is 5.73 Å². The first-order chi connectivity index (χ1) is 8.49. The molecule has 1 aliphatic rings. The fourth-order valence-electron chi connectivity index (χ4n) is 2.70. The number of nitrogens with zero attached hydrogens (tertiary/aromatic N) is 2. The third-order valence-corrected chi connectivity index (χ3v) is 5.00. The van der Waals surface area contributed by atoms with Gasteiger partial charge in [-0.1, -0.05) is 11.6 Å². The van der Waals surface area contributed by atoms with Crippen LogP contribution in [0.1, 0.15) is 24.3 Å². The van der Waals surface area contributed by atoms with Crippen molar-refractivity contribution >= 4 is 22.9 Å². The molecule has 1 saturated heterocycles. The second-order valence-electron chi connectivity index (χ2n) is 5.35. The van der Waals surface area contributed by atoms with E-state index in [1.807, 2.05) is 6.07 Å². The number of hydrogen-bond acceptors (Lipinski definition) is 4. The van der Waals surface area contributed by atoms with Crippen molar-refractivity contribution in [2.45, 2.75) is 31.5 Å². The maximum Gasteiger partial charge on any atom is 0.0931 e. The monoisotopic (exact) mass is 287 g/mol. The summed E-state index contributed by atoms with van der Waals surface area (Å²) in [5.41, 5.74) is 6.19. The van der Waals surface area contributed by atoms with Crippen molar-refractivity contribution in [3.05, 3.63) is 21.3 Å². The van der Waals surface area contributed by atoms with E-state index < -0.39 is 0 Å². The minimum absolute atomic E-state index is 0.126. The smallest absolute Gasteiger partial charge is 0.0931 e. The Bertz CT molecular complexity index is 391. The Morgan fingerprint density at radius 1 is 1.50 bits per heavy atom. The van der Waals surface area contributed by atoms with Gasteiger partial charge in [-0.05, 0) is 39.6 Å². The van der Waals surface area contributed by atoms with Crippen LogP contribution in [0.4, 0.5) is 0 Å². The summed E-state index contributed by atoms with van der Waals surface area (Å²) in [4.78, 5) is 6.09. The topological polar surface area (TPSA) is 32.5 Å². The zero-order valence-electron chi connectivity index (χ0n) is 11.3. The average molecular weight is 288 g/mol. The first-order valence-corrected chi connectivity index (χ1v) is 7.59. The molecule has 0 bridgehead atoms. The van der Waals surface area contributed by atoms with Crippen LogP contribution in [-0.4, -0.2) is 49.1 Å². The molecule has 2 rings (SSSR count). The van der Waals surface area contributed by atoms with Gasteiger partial charge in [0.05, 0.1) is 10.4 Å². The summed E-state index contributed by atoms with van der Waals surface area (Å²) >= 11 is 7.70. The molecule has 2 N–H and O–H groups in total. The maximum absolute atomic E-state index is 6.19. The molecule has 1 fully saturated rings. The van der Waals surface area contributed by atoms with Crippen molar-refractivity contribution in [2.75, 3.05) is 27.2 Å². The Morgan fingerprint density at radius 2 is 2.22 bits per heavy atom. The van der Waals surface area contributed by atoms with Gasteiger partial charge in [0.2, 0.25) is 0 Å². The molecule has 2 heterocycles. The molecule has 1 aliphatic heterocycles. The highest BCUT2D eigenvalue weighted by Crippen LogP contribution is 2.34. The highest BCUT2D eigenvalue weighted by molar-refractivity contribution is 7.16. The minimum Gasteiger partial charge on any atom is -0.326 e. The second kappa shape index (κ2) is 5.88. The van der Waals surface area contributed by atoms with E-state index in [-0.39, 0.29) is 6.04 Å². The van der Waals surface area contributed by atoms with Gasteiger partial charge in [0, 0.05) is 30.1 Å². The number of hydrogen-bond donors (Lipinski definition) is 1. The van der Waals surface area contributed by atoms with E-state index in [1.165, 1.54) is 11.3 Å². The molecule has 1 aromatic heterocycles. The van der Waals surface area contributed by atoms with Crippen molar-refractivity contribution in [1.29, 1.82) is 0 Å². The third-order valence-electron chi connectivity index (χ3n) is 3.70. The van der Waals surface area contributed by atoms with Crippen molar-refractivity contribution < 1.29 is 0 Å².